The molecule has 1 aliphatic heterocycles. The van der Waals surface area contributed by atoms with E-state index in [1.165, 1.54) is 0 Å². The number of H-pyrrole nitrogens is 1. The number of carbonyl (C=O) groups is 1. The van der Waals surface area contributed by atoms with Crippen molar-refractivity contribution in [3.05, 3.63) is 47.9 Å². The molecule has 0 aliphatic carbocycles. The van der Waals surface area contributed by atoms with Gasteiger partial charge in [0.2, 0.25) is 0 Å². The second kappa shape index (κ2) is 5.27. The number of nitrogens with zero attached hydrogens (tertiary/aromatic N) is 3. The molecule has 4 rings (SSSR count). The van der Waals surface area contributed by atoms with Crippen LogP contribution >= 0.6 is 0 Å². The molecule has 3 heterocycles. The molecule has 7 nitrogen and oxygen atoms in total. The molecule has 0 fully saturated rings. The summed E-state index contributed by atoms with van der Waals surface area (Å²) in [5, 5.41) is 11.8. The van der Waals surface area contributed by atoms with E-state index in [4.69, 9.17) is 4.74 Å². The van der Waals surface area contributed by atoms with Crippen molar-refractivity contribution in [1.82, 2.24) is 25.3 Å². The first kappa shape index (κ1) is 13.0. The first-order chi connectivity index (χ1) is 10.8. The molecular weight excluding hydrogens is 282 g/mol. The van der Waals surface area contributed by atoms with Crippen molar-refractivity contribution in [2.24, 2.45) is 0 Å². The van der Waals surface area contributed by atoms with E-state index in [1.54, 1.807) is 6.20 Å². The van der Waals surface area contributed by atoms with Crippen LogP contribution in [0, 0.1) is 0 Å². The number of rotatable bonds is 3. The summed E-state index contributed by atoms with van der Waals surface area (Å²) in [6.45, 7) is 1.53. The second-order valence-corrected chi connectivity index (χ2v) is 5.33. The Hall–Kier alpha value is -2.67. The summed E-state index contributed by atoms with van der Waals surface area (Å²) in [7, 11) is 0. The fourth-order valence-corrected chi connectivity index (χ4v) is 2.62. The van der Waals surface area contributed by atoms with E-state index in [9.17, 15) is 4.79 Å². The molecule has 0 bridgehead atoms. The molecule has 1 aromatic carbocycles. The van der Waals surface area contributed by atoms with Crippen LogP contribution in [0.4, 0.5) is 0 Å². The normalized spacial score (nSPS) is 17.4. The predicted molar refractivity (Wildman–Crippen MR) is 79.2 cm³/mol. The molecule has 7 heteroatoms. The van der Waals surface area contributed by atoms with Crippen LogP contribution in [0.15, 0.2) is 36.7 Å². The zero-order valence-electron chi connectivity index (χ0n) is 11.8. The highest BCUT2D eigenvalue weighted by atomic mass is 16.5. The zero-order chi connectivity index (χ0) is 14.9. The van der Waals surface area contributed by atoms with Crippen LogP contribution in [0.5, 0.6) is 0 Å². The van der Waals surface area contributed by atoms with Gasteiger partial charge in [-0.25, -0.2) is 4.68 Å². The van der Waals surface area contributed by atoms with Gasteiger partial charge in [0.25, 0.3) is 5.91 Å². The first-order valence-corrected chi connectivity index (χ1v) is 7.14. The molecule has 2 aromatic heterocycles. The molecule has 0 spiro atoms. The molecular formula is C15H15N5O2. The summed E-state index contributed by atoms with van der Waals surface area (Å²) in [5.74, 6) is -0.101. The Morgan fingerprint density at radius 2 is 2.41 bits per heavy atom. The number of aromatic amines is 1. The first-order valence-electron chi connectivity index (χ1n) is 7.14. The van der Waals surface area contributed by atoms with Crippen molar-refractivity contribution < 1.29 is 9.53 Å². The Balaban J connectivity index is 1.40. The van der Waals surface area contributed by atoms with Crippen LogP contribution in [-0.4, -0.2) is 38.5 Å². The van der Waals surface area contributed by atoms with Crippen LogP contribution in [0.1, 0.15) is 16.1 Å². The summed E-state index contributed by atoms with van der Waals surface area (Å²) >= 11 is 0. The summed E-state index contributed by atoms with van der Waals surface area (Å²) in [6, 6.07) is 7.54. The Bertz CT molecular complexity index is 822. The lowest BCUT2D eigenvalue weighted by Crippen LogP contribution is -2.39. The van der Waals surface area contributed by atoms with Crippen molar-refractivity contribution in [3.8, 4) is 0 Å². The minimum atomic E-state index is -0.101. The van der Waals surface area contributed by atoms with Crippen molar-refractivity contribution in [3.63, 3.8) is 0 Å². The number of nitrogens with one attached hydrogen (secondary N) is 2. The monoisotopic (exact) mass is 297 g/mol. The molecule has 2 N–H and O–H groups in total. The number of hydrogen-bond donors (Lipinski definition) is 2. The number of amides is 1. The zero-order valence-corrected chi connectivity index (χ0v) is 11.8. The van der Waals surface area contributed by atoms with E-state index in [2.05, 4.69) is 20.6 Å². The third-order valence-corrected chi connectivity index (χ3v) is 3.85. The van der Waals surface area contributed by atoms with E-state index in [-0.39, 0.29) is 12.0 Å². The Kier molecular flexibility index (Phi) is 3.12. The lowest BCUT2D eigenvalue weighted by atomic mass is 10.1. The Morgan fingerprint density at radius 3 is 3.36 bits per heavy atom. The molecule has 112 valence electrons. The van der Waals surface area contributed by atoms with Gasteiger partial charge in [0.1, 0.15) is 0 Å². The largest absolute Gasteiger partial charge is 0.368 e. The maximum absolute atomic E-state index is 12.2. The second-order valence-electron chi connectivity index (χ2n) is 5.33. The SMILES string of the molecule is O=C(NC[C@H]1Cn2nncc2CO1)c1ccc2[nH]ccc2c1. The molecule has 0 saturated carbocycles. The minimum absolute atomic E-state index is 0.0888. The average Bonchev–Trinajstić information content (AvgIpc) is 3.19. The summed E-state index contributed by atoms with van der Waals surface area (Å²) < 4.78 is 7.50. The number of benzene rings is 1. The average molecular weight is 297 g/mol. The van der Waals surface area contributed by atoms with Crippen LogP contribution in [0.2, 0.25) is 0 Å². The third kappa shape index (κ3) is 2.35. The van der Waals surface area contributed by atoms with Crippen LogP contribution in [0.25, 0.3) is 10.9 Å². The molecule has 1 aliphatic rings. The number of aromatic nitrogens is 4. The maximum Gasteiger partial charge on any atom is 0.251 e. The topological polar surface area (TPSA) is 84.8 Å². The van der Waals surface area contributed by atoms with Gasteiger partial charge in [-0.1, -0.05) is 5.21 Å². The van der Waals surface area contributed by atoms with E-state index < -0.39 is 0 Å². The van der Waals surface area contributed by atoms with E-state index >= 15 is 0 Å². The standard InChI is InChI=1S/C15H15N5O2/c21-15(11-1-2-14-10(5-11)3-4-16-14)17-7-13-8-20-12(9-22-13)6-18-19-20/h1-6,13,16H,7-9H2,(H,17,21)/t13-/m0/s1. The predicted octanol–water partition coefficient (Wildman–Crippen LogP) is 1.09. The molecule has 0 unspecified atom stereocenters. The molecule has 0 saturated heterocycles. The fraction of sp³-hybridized carbons (Fsp3) is 0.267. The van der Waals surface area contributed by atoms with E-state index in [1.807, 2.05) is 35.1 Å². The van der Waals surface area contributed by atoms with Crippen LogP contribution in [0.3, 0.4) is 0 Å². The van der Waals surface area contributed by atoms with Gasteiger partial charge in [0.05, 0.1) is 31.1 Å². The highest BCUT2D eigenvalue weighted by Crippen LogP contribution is 2.15. The smallest absolute Gasteiger partial charge is 0.251 e. The lowest BCUT2D eigenvalue weighted by Gasteiger charge is -2.23. The summed E-state index contributed by atoms with van der Waals surface area (Å²) in [4.78, 5) is 15.3. The van der Waals surface area contributed by atoms with Crippen molar-refractivity contribution >= 4 is 16.8 Å². The highest BCUT2D eigenvalue weighted by molar-refractivity contribution is 5.98. The van der Waals surface area contributed by atoms with Gasteiger partial charge in [-0.3, -0.25) is 4.79 Å². The van der Waals surface area contributed by atoms with E-state index in [0.717, 1.165) is 16.6 Å². The van der Waals surface area contributed by atoms with Gasteiger partial charge in [-0.2, -0.15) is 0 Å². The van der Waals surface area contributed by atoms with Gasteiger partial charge in [-0.15, -0.1) is 5.10 Å². The molecule has 22 heavy (non-hydrogen) atoms. The van der Waals surface area contributed by atoms with Crippen molar-refractivity contribution in [2.45, 2.75) is 19.3 Å². The third-order valence-electron chi connectivity index (χ3n) is 3.85. The molecule has 3 aromatic rings. The highest BCUT2D eigenvalue weighted by Gasteiger charge is 2.20. The Morgan fingerprint density at radius 1 is 1.45 bits per heavy atom. The van der Waals surface area contributed by atoms with Gasteiger partial charge in [-0.05, 0) is 24.3 Å². The fourth-order valence-electron chi connectivity index (χ4n) is 2.62. The van der Waals surface area contributed by atoms with Gasteiger partial charge in [0.15, 0.2) is 0 Å². The Labute approximate surface area is 126 Å². The van der Waals surface area contributed by atoms with Gasteiger partial charge >= 0.3 is 0 Å². The summed E-state index contributed by atoms with van der Waals surface area (Å²) in [6.07, 6.45) is 3.47. The van der Waals surface area contributed by atoms with E-state index in [0.29, 0.717) is 25.3 Å². The number of hydrogen-bond acceptors (Lipinski definition) is 4. The van der Waals surface area contributed by atoms with Gasteiger partial charge in [0, 0.05) is 29.2 Å². The number of ether oxygens (including phenoxy) is 1. The number of carbonyl (C=O) groups excluding carboxylic acids is 1. The quantitative estimate of drug-likeness (QED) is 0.758. The lowest BCUT2D eigenvalue weighted by molar-refractivity contribution is 0.00150. The van der Waals surface area contributed by atoms with Crippen molar-refractivity contribution in [1.29, 1.82) is 0 Å². The molecule has 1 amide bonds. The summed E-state index contributed by atoms with van der Waals surface area (Å²) in [5.41, 5.74) is 2.62. The maximum atomic E-state index is 12.2. The molecule has 1 atom stereocenters. The van der Waals surface area contributed by atoms with Crippen LogP contribution < -0.4 is 5.32 Å². The van der Waals surface area contributed by atoms with Crippen LogP contribution in [-0.2, 0) is 17.9 Å². The van der Waals surface area contributed by atoms with Crippen molar-refractivity contribution in [2.75, 3.05) is 6.54 Å². The number of fused-ring (bicyclic) bond motifs is 2. The minimum Gasteiger partial charge on any atom is -0.368 e. The van der Waals surface area contributed by atoms with Gasteiger partial charge < -0.3 is 15.0 Å². The molecule has 0 radical (unpaired) electrons.